The zero-order chi connectivity index (χ0) is 23.2. The van der Waals surface area contributed by atoms with E-state index in [9.17, 15) is 18.0 Å². The van der Waals surface area contributed by atoms with E-state index in [-0.39, 0.29) is 22.9 Å². The van der Waals surface area contributed by atoms with Crippen molar-refractivity contribution >= 4 is 26.8 Å². The maximum atomic E-state index is 12.9. The first kappa shape index (κ1) is 21.9. The molecule has 5 rings (SSSR count). The Labute approximate surface area is 193 Å². The van der Waals surface area contributed by atoms with Crippen molar-refractivity contribution in [1.29, 1.82) is 0 Å². The maximum Gasteiger partial charge on any atom is 0.256 e. The maximum absolute atomic E-state index is 12.9. The zero-order valence-electron chi connectivity index (χ0n) is 18.6. The molecule has 1 amide bonds. The molecule has 3 aromatic rings. The van der Waals surface area contributed by atoms with Crippen molar-refractivity contribution in [3.8, 4) is 0 Å². The number of pyridine rings is 1. The number of nitrogens with one attached hydrogen (secondary N) is 1. The van der Waals surface area contributed by atoms with E-state index < -0.39 is 10.0 Å². The fourth-order valence-corrected chi connectivity index (χ4v) is 6.42. The lowest BCUT2D eigenvalue weighted by Gasteiger charge is -2.15. The van der Waals surface area contributed by atoms with E-state index in [0.29, 0.717) is 36.3 Å². The second-order valence-electron chi connectivity index (χ2n) is 8.91. The van der Waals surface area contributed by atoms with Crippen LogP contribution in [-0.2, 0) is 22.9 Å². The predicted molar refractivity (Wildman–Crippen MR) is 127 cm³/mol. The summed E-state index contributed by atoms with van der Waals surface area (Å²) in [5.74, 6) is -0.386. The Bertz CT molecular complexity index is 1390. The van der Waals surface area contributed by atoms with Crippen molar-refractivity contribution in [2.75, 3.05) is 19.6 Å². The van der Waals surface area contributed by atoms with Crippen molar-refractivity contribution < 1.29 is 13.2 Å². The van der Waals surface area contributed by atoms with Gasteiger partial charge in [-0.25, -0.2) is 8.42 Å². The van der Waals surface area contributed by atoms with E-state index in [0.717, 1.165) is 35.9 Å². The van der Waals surface area contributed by atoms with Crippen LogP contribution in [0.3, 0.4) is 0 Å². The van der Waals surface area contributed by atoms with E-state index in [1.165, 1.54) is 4.31 Å². The lowest BCUT2D eigenvalue weighted by Crippen LogP contribution is -2.31. The smallest absolute Gasteiger partial charge is 0.256 e. The topological polar surface area (TPSA) is 88.5 Å². The molecule has 2 aliphatic heterocycles. The van der Waals surface area contributed by atoms with Gasteiger partial charge in [0.1, 0.15) is 5.56 Å². The van der Waals surface area contributed by atoms with Crippen molar-refractivity contribution in [1.82, 2.24) is 14.2 Å². The number of nitrogens with zero attached hydrogens (tertiary/aromatic N) is 2. The third-order valence-electron chi connectivity index (χ3n) is 6.70. The van der Waals surface area contributed by atoms with E-state index in [2.05, 4.69) is 12.2 Å². The summed E-state index contributed by atoms with van der Waals surface area (Å²) in [6.07, 6.45) is 4.88. The first-order valence-corrected chi connectivity index (χ1v) is 12.8. The van der Waals surface area contributed by atoms with Crippen LogP contribution in [0.1, 0.15) is 47.3 Å². The van der Waals surface area contributed by atoms with Gasteiger partial charge < -0.3 is 9.88 Å². The monoisotopic (exact) mass is 465 g/mol. The molecule has 0 bridgehead atoms. The van der Waals surface area contributed by atoms with Gasteiger partial charge in [0.2, 0.25) is 15.5 Å². The van der Waals surface area contributed by atoms with Gasteiger partial charge in [0.15, 0.2) is 0 Å². The summed E-state index contributed by atoms with van der Waals surface area (Å²) in [6.45, 7) is 3.59. The number of carbonyl (C=O) groups excluding carboxylic acids is 1. The highest BCUT2D eigenvalue weighted by Crippen LogP contribution is 2.30. The number of amides is 1. The van der Waals surface area contributed by atoms with Gasteiger partial charge in [-0.1, -0.05) is 24.3 Å². The molecule has 1 atom stereocenters. The summed E-state index contributed by atoms with van der Waals surface area (Å²) in [5, 5.41) is 3.43. The molecule has 8 heteroatoms. The molecular formula is C25H27N3O4S. The Morgan fingerprint density at radius 1 is 1.09 bits per heavy atom. The van der Waals surface area contributed by atoms with Crippen molar-refractivity contribution in [2.24, 2.45) is 0 Å². The first-order chi connectivity index (χ1) is 15.9. The average Bonchev–Trinajstić information content (AvgIpc) is 3.46. The van der Waals surface area contributed by atoms with Gasteiger partial charge in [-0.05, 0) is 61.9 Å². The van der Waals surface area contributed by atoms with Crippen molar-refractivity contribution in [2.45, 2.75) is 43.5 Å². The molecule has 0 aliphatic carbocycles. The second-order valence-corrected chi connectivity index (χ2v) is 10.8. The Kier molecular flexibility index (Phi) is 5.58. The average molecular weight is 466 g/mol. The minimum atomic E-state index is -3.43. The number of carbonyl (C=O) groups is 1. The largest absolute Gasteiger partial charge is 0.352 e. The van der Waals surface area contributed by atoms with Crippen molar-refractivity contribution in [3.63, 3.8) is 0 Å². The van der Waals surface area contributed by atoms with Crippen LogP contribution in [-0.4, -0.2) is 42.8 Å². The number of para-hydroxylation sites is 1. The van der Waals surface area contributed by atoms with E-state index >= 15 is 0 Å². The Balaban J connectivity index is 1.27. The van der Waals surface area contributed by atoms with Crippen LogP contribution in [0, 0.1) is 0 Å². The van der Waals surface area contributed by atoms with Gasteiger partial charge in [0.25, 0.3) is 5.91 Å². The molecule has 0 radical (unpaired) electrons. The number of hydrogen-bond donors (Lipinski definition) is 1. The van der Waals surface area contributed by atoms with Crippen LogP contribution in [0.25, 0.3) is 10.9 Å². The number of hydrogen-bond acceptors (Lipinski definition) is 4. The van der Waals surface area contributed by atoms with Gasteiger partial charge in [0, 0.05) is 37.3 Å². The molecular weight excluding hydrogens is 438 g/mol. The number of aromatic nitrogens is 1. The fraction of sp³-hybridized carbons (Fsp3) is 0.360. The van der Waals surface area contributed by atoms with Crippen LogP contribution in [0.15, 0.2) is 58.4 Å². The lowest BCUT2D eigenvalue weighted by atomic mass is 10.1. The Hall–Kier alpha value is -2.97. The molecule has 1 saturated heterocycles. The number of sulfonamides is 1. The second kappa shape index (κ2) is 8.43. The van der Waals surface area contributed by atoms with Crippen LogP contribution in [0.5, 0.6) is 0 Å². The molecule has 1 fully saturated rings. The first-order valence-electron chi connectivity index (χ1n) is 11.4. The third kappa shape index (κ3) is 3.87. The summed E-state index contributed by atoms with van der Waals surface area (Å²) in [5.41, 5.74) is 2.89. The standard InChI is InChI=1S/C25H27N3O4S/c1-17-15-19-5-4-6-21-23(19)28(17)16-22(24(21)29)25(30)26-12-11-18-7-9-20(10-8-18)33(31,32)27-13-2-3-14-27/h4-10,16-17H,2-3,11-15H2,1H3,(H,26,30). The van der Waals surface area contributed by atoms with Gasteiger partial charge in [-0.15, -0.1) is 0 Å². The molecule has 2 aromatic carbocycles. The lowest BCUT2D eigenvalue weighted by molar-refractivity contribution is 0.0952. The van der Waals surface area contributed by atoms with E-state index in [4.69, 9.17) is 0 Å². The van der Waals surface area contributed by atoms with E-state index in [1.54, 1.807) is 36.5 Å². The highest BCUT2D eigenvalue weighted by Gasteiger charge is 2.27. The predicted octanol–water partition coefficient (Wildman–Crippen LogP) is 2.88. The summed E-state index contributed by atoms with van der Waals surface area (Å²) in [7, 11) is -3.43. The van der Waals surface area contributed by atoms with Gasteiger partial charge in [0.05, 0.1) is 10.4 Å². The number of benzene rings is 2. The van der Waals surface area contributed by atoms with Gasteiger partial charge in [-0.2, -0.15) is 4.31 Å². The van der Waals surface area contributed by atoms with Gasteiger partial charge >= 0.3 is 0 Å². The van der Waals surface area contributed by atoms with Crippen LogP contribution >= 0.6 is 0 Å². The minimum absolute atomic E-state index is 0.153. The minimum Gasteiger partial charge on any atom is -0.352 e. The van der Waals surface area contributed by atoms with Gasteiger partial charge in [-0.3, -0.25) is 9.59 Å². The highest BCUT2D eigenvalue weighted by atomic mass is 32.2. The highest BCUT2D eigenvalue weighted by molar-refractivity contribution is 7.89. The molecule has 3 heterocycles. The summed E-state index contributed by atoms with van der Waals surface area (Å²) in [4.78, 5) is 26.1. The molecule has 7 nitrogen and oxygen atoms in total. The molecule has 1 aromatic heterocycles. The molecule has 0 spiro atoms. The van der Waals surface area contributed by atoms with E-state index in [1.807, 2.05) is 16.7 Å². The third-order valence-corrected chi connectivity index (χ3v) is 8.61. The molecule has 172 valence electrons. The SMILES string of the molecule is CC1Cc2cccc3c(=O)c(C(=O)NCCc4ccc(S(=O)(=O)N5CCCC5)cc4)cn1c23. The summed E-state index contributed by atoms with van der Waals surface area (Å²) in [6, 6.07) is 12.7. The van der Waals surface area contributed by atoms with Crippen LogP contribution < -0.4 is 10.7 Å². The summed E-state index contributed by atoms with van der Waals surface area (Å²) >= 11 is 0. The Morgan fingerprint density at radius 3 is 2.55 bits per heavy atom. The fourth-order valence-electron chi connectivity index (χ4n) is 4.90. The van der Waals surface area contributed by atoms with Crippen LogP contribution in [0.4, 0.5) is 0 Å². The Morgan fingerprint density at radius 2 is 1.82 bits per heavy atom. The summed E-state index contributed by atoms with van der Waals surface area (Å²) < 4.78 is 28.9. The molecule has 2 aliphatic rings. The quantitative estimate of drug-likeness (QED) is 0.606. The normalized spacial score (nSPS) is 18.2. The molecule has 1 unspecified atom stereocenters. The number of rotatable bonds is 6. The van der Waals surface area contributed by atoms with Crippen LogP contribution in [0.2, 0.25) is 0 Å². The molecule has 1 N–H and O–H groups in total. The molecule has 0 saturated carbocycles. The molecule has 33 heavy (non-hydrogen) atoms. The van der Waals surface area contributed by atoms with Crippen molar-refractivity contribution in [3.05, 3.63) is 75.6 Å². The zero-order valence-corrected chi connectivity index (χ0v) is 19.4.